The maximum Gasteiger partial charge on any atom is 0.272 e. The number of hydrogen-bond acceptors (Lipinski definition) is 5. The molecule has 0 saturated heterocycles. The molecule has 0 aliphatic carbocycles. The first-order valence-electron chi connectivity index (χ1n) is 5.90. The molecule has 20 heavy (non-hydrogen) atoms. The number of rotatable bonds is 3. The number of benzene rings is 1. The molecule has 6 heteroatoms. The molecule has 0 fully saturated rings. The number of hydrogen-bond donors (Lipinski definition) is 0. The first-order valence-corrected chi connectivity index (χ1v) is 6.78. The van der Waals surface area contributed by atoms with Crippen LogP contribution in [0.15, 0.2) is 46.4 Å². The normalized spacial score (nSPS) is 10.7. The molecule has 1 aromatic carbocycles. The Morgan fingerprint density at radius 1 is 1.35 bits per heavy atom. The van der Waals surface area contributed by atoms with E-state index in [1.807, 2.05) is 17.5 Å². The smallest absolute Gasteiger partial charge is 0.272 e. The summed E-state index contributed by atoms with van der Waals surface area (Å²) in [4.78, 5) is 15.0. The topological polar surface area (TPSA) is 69.2 Å². The summed E-state index contributed by atoms with van der Waals surface area (Å²) in [5.41, 5.74) is 2.19. The second kappa shape index (κ2) is 4.90. The van der Waals surface area contributed by atoms with Gasteiger partial charge < -0.3 is 4.42 Å². The van der Waals surface area contributed by atoms with E-state index in [-0.39, 0.29) is 10.6 Å². The van der Waals surface area contributed by atoms with E-state index in [0.29, 0.717) is 17.0 Å². The Balaban J connectivity index is 2.02. The lowest BCUT2D eigenvalue weighted by Gasteiger charge is -2.00. The average Bonchev–Trinajstić information content (AvgIpc) is 3.09. The monoisotopic (exact) mass is 286 g/mol. The van der Waals surface area contributed by atoms with Crippen LogP contribution in [0.5, 0.6) is 0 Å². The highest BCUT2D eigenvalue weighted by molar-refractivity contribution is 7.13. The van der Waals surface area contributed by atoms with Crippen molar-refractivity contribution >= 4 is 17.0 Å². The maximum atomic E-state index is 11.0. The van der Waals surface area contributed by atoms with Gasteiger partial charge in [0.25, 0.3) is 5.69 Å². The van der Waals surface area contributed by atoms with Crippen molar-refractivity contribution in [1.82, 2.24) is 4.98 Å². The number of aromatic nitrogens is 1. The van der Waals surface area contributed by atoms with Gasteiger partial charge in [-0.25, -0.2) is 4.98 Å². The number of aryl methyl sites for hydroxylation is 1. The van der Waals surface area contributed by atoms with E-state index in [4.69, 9.17) is 4.42 Å². The van der Waals surface area contributed by atoms with Crippen LogP contribution in [-0.2, 0) is 0 Å². The van der Waals surface area contributed by atoms with Crippen molar-refractivity contribution in [3.63, 3.8) is 0 Å². The lowest BCUT2D eigenvalue weighted by Crippen LogP contribution is -1.92. The number of nitro groups is 1. The van der Waals surface area contributed by atoms with E-state index in [0.717, 1.165) is 10.6 Å². The molecule has 100 valence electrons. The molecule has 0 aliphatic heterocycles. The molecule has 0 bridgehead atoms. The van der Waals surface area contributed by atoms with E-state index in [1.54, 1.807) is 31.4 Å². The SMILES string of the molecule is Cc1ccc(-c2csc(-c3ccco3)n2)cc1[N+](=O)[O-]. The van der Waals surface area contributed by atoms with Gasteiger partial charge in [0, 0.05) is 22.6 Å². The zero-order chi connectivity index (χ0) is 14.1. The second-order valence-corrected chi connectivity index (χ2v) is 5.13. The fourth-order valence-corrected chi connectivity index (χ4v) is 2.68. The van der Waals surface area contributed by atoms with Gasteiger partial charge in [-0.05, 0) is 19.1 Å². The number of furan rings is 1. The van der Waals surface area contributed by atoms with Crippen LogP contribution < -0.4 is 0 Å². The molecule has 0 saturated carbocycles. The van der Waals surface area contributed by atoms with Gasteiger partial charge in [-0.3, -0.25) is 10.1 Å². The van der Waals surface area contributed by atoms with Gasteiger partial charge in [-0.1, -0.05) is 12.1 Å². The van der Waals surface area contributed by atoms with Crippen LogP contribution in [0, 0.1) is 17.0 Å². The van der Waals surface area contributed by atoms with Gasteiger partial charge in [0.05, 0.1) is 16.9 Å². The van der Waals surface area contributed by atoms with Crippen LogP contribution in [0.3, 0.4) is 0 Å². The lowest BCUT2D eigenvalue weighted by molar-refractivity contribution is -0.385. The molecule has 3 aromatic rings. The van der Waals surface area contributed by atoms with Crippen LogP contribution in [-0.4, -0.2) is 9.91 Å². The van der Waals surface area contributed by atoms with E-state index < -0.39 is 0 Å². The molecule has 0 aliphatic rings. The van der Waals surface area contributed by atoms with Crippen LogP contribution in [0.25, 0.3) is 22.0 Å². The Labute approximate surface area is 118 Å². The molecular weight excluding hydrogens is 276 g/mol. The summed E-state index contributed by atoms with van der Waals surface area (Å²) in [6, 6.07) is 8.76. The zero-order valence-corrected chi connectivity index (χ0v) is 11.4. The molecule has 5 nitrogen and oxygen atoms in total. The van der Waals surface area contributed by atoms with Crippen LogP contribution >= 0.6 is 11.3 Å². The van der Waals surface area contributed by atoms with Gasteiger partial charge in [0.2, 0.25) is 0 Å². The fraction of sp³-hybridized carbons (Fsp3) is 0.0714. The van der Waals surface area contributed by atoms with Crippen molar-refractivity contribution in [1.29, 1.82) is 0 Å². The summed E-state index contributed by atoms with van der Waals surface area (Å²) >= 11 is 1.45. The lowest BCUT2D eigenvalue weighted by atomic mass is 10.1. The van der Waals surface area contributed by atoms with Crippen molar-refractivity contribution in [2.75, 3.05) is 0 Å². The maximum absolute atomic E-state index is 11.0. The van der Waals surface area contributed by atoms with E-state index >= 15 is 0 Å². The quantitative estimate of drug-likeness (QED) is 0.532. The van der Waals surface area contributed by atoms with E-state index in [1.165, 1.54) is 11.3 Å². The van der Waals surface area contributed by atoms with Crippen LogP contribution in [0.4, 0.5) is 5.69 Å². The largest absolute Gasteiger partial charge is 0.462 e. The van der Waals surface area contributed by atoms with Crippen molar-refractivity contribution in [2.24, 2.45) is 0 Å². The van der Waals surface area contributed by atoms with Crippen LogP contribution in [0.1, 0.15) is 5.56 Å². The van der Waals surface area contributed by atoms with Crippen molar-refractivity contribution in [2.45, 2.75) is 6.92 Å². The summed E-state index contributed by atoms with van der Waals surface area (Å²) in [6.07, 6.45) is 1.59. The summed E-state index contributed by atoms with van der Waals surface area (Å²) in [5.74, 6) is 0.697. The number of nitrogens with zero attached hydrogens (tertiary/aromatic N) is 2. The number of thiazole rings is 1. The molecule has 0 unspecified atom stereocenters. The van der Waals surface area contributed by atoms with Crippen molar-refractivity contribution < 1.29 is 9.34 Å². The zero-order valence-electron chi connectivity index (χ0n) is 10.6. The van der Waals surface area contributed by atoms with E-state index in [2.05, 4.69) is 4.98 Å². The third-order valence-corrected chi connectivity index (χ3v) is 3.79. The number of nitro benzene ring substituents is 1. The first-order chi connectivity index (χ1) is 9.65. The Morgan fingerprint density at radius 3 is 2.90 bits per heavy atom. The minimum Gasteiger partial charge on any atom is -0.462 e. The molecule has 0 radical (unpaired) electrons. The molecule has 2 aromatic heterocycles. The molecule has 3 rings (SSSR count). The summed E-state index contributed by atoms with van der Waals surface area (Å²) in [5, 5.41) is 13.6. The van der Waals surface area contributed by atoms with Crippen molar-refractivity contribution in [3.05, 3.63) is 57.7 Å². The highest BCUT2D eigenvalue weighted by Gasteiger charge is 2.14. The molecule has 0 N–H and O–H groups in total. The molecule has 0 amide bonds. The van der Waals surface area contributed by atoms with E-state index in [9.17, 15) is 10.1 Å². The summed E-state index contributed by atoms with van der Waals surface area (Å²) < 4.78 is 5.29. The minimum absolute atomic E-state index is 0.107. The minimum atomic E-state index is -0.376. The Morgan fingerprint density at radius 2 is 2.20 bits per heavy atom. The molecule has 0 spiro atoms. The standard InChI is InChI=1S/C14H10N2O3S/c1-9-4-5-10(7-12(9)16(17)18)11-8-20-14(15-11)13-3-2-6-19-13/h2-8H,1H3. The van der Waals surface area contributed by atoms with Gasteiger partial charge in [0.1, 0.15) is 0 Å². The van der Waals surface area contributed by atoms with Crippen LogP contribution in [0.2, 0.25) is 0 Å². The predicted molar refractivity (Wildman–Crippen MR) is 76.6 cm³/mol. The van der Waals surface area contributed by atoms with Gasteiger partial charge in [0.15, 0.2) is 10.8 Å². The predicted octanol–water partition coefficient (Wildman–Crippen LogP) is 4.29. The van der Waals surface area contributed by atoms with Gasteiger partial charge in [-0.2, -0.15) is 0 Å². The molecular formula is C14H10N2O3S. The Kier molecular flexibility index (Phi) is 3.08. The highest BCUT2D eigenvalue weighted by Crippen LogP contribution is 2.31. The van der Waals surface area contributed by atoms with Gasteiger partial charge in [-0.15, -0.1) is 11.3 Å². The molecule has 0 atom stereocenters. The molecule has 2 heterocycles. The highest BCUT2D eigenvalue weighted by atomic mass is 32.1. The fourth-order valence-electron chi connectivity index (χ4n) is 1.89. The third-order valence-electron chi connectivity index (χ3n) is 2.94. The Bertz CT molecular complexity index is 763. The first kappa shape index (κ1) is 12.6. The summed E-state index contributed by atoms with van der Waals surface area (Å²) in [6.45, 7) is 1.72. The van der Waals surface area contributed by atoms with Gasteiger partial charge >= 0.3 is 0 Å². The third kappa shape index (κ3) is 2.21. The van der Waals surface area contributed by atoms with Crippen molar-refractivity contribution in [3.8, 4) is 22.0 Å². The average molecular weight is 286 g/mol. The summed E-state index contributed by atoms with van der Waals surface area (Å²) in [7, 11) is 0. The second-order valence-electron chi connectivity index (χ2n) is 4.27. The Hall–Kier alpha value is -2.47.